The normalized spacial score (nSPS) is 12.4. The topological polar surface area (TPSA) is 65.9 Å². The summed E-state index contributed by atoms with van der Waals surface area (Å²) in [5.41, 5.74) is 1.12. The van der Waals surface area contributed by atoms with Crippen molar-refractivity contribution in [1.82, 2.24) is 10.6 Å². The van der Waals surface area contributed by atoms with Gasteiger partial charge in [0.15, 0.2) is 5.96 Å². The third-order valence-corrected chi connectivity index (χ3v) is 3.08. The fraction of sp³-hybridized carbons (Fsp3) is 0.588. The van der Waals surface area contributed by atoms with Crippen molar-refractivity contribution in [2.24, 2.45) is 4.99 Å². The Morgan fingerprint density at radius 2 is 1.96 bits per heavy atom. The molecule has 1 atom stereocenters. The van der Waals surface area contributed by atoms with Crippen molar-refractivity contribution in [3.8, 4) is 0 Å². The molecule has 6 heteroatoms. The third kappa shape index (κ3) is 11.3. The van der Waals surface area contributed by atoms with Crippen LogP contribution in [0.25, 0.3) is 0 Å². The second-order valence-corrected chi connectivity index (χ2v) is 5.04. The molecule has 1 unspecified atom stereocenters. The lowest BCUT2D eigenvalue weighted by atomic mass is 10.1. The van der Waals surface area contributed by atoms with Gasteiger partial charge < -0.3 is 20.5 Å². The summed E-state index contributed by atoms with van der Waals surface area (Å²) in [7, 11) is 0. The first kappa shape index (κ1) is 22.1. The SMILES string of the molecule is CCNC(=NCC(O)Cc1ccccc1)NCCCOCC.I. The second kappa shape index (κ2) is 14.7. The fourth-order valence-corrected chi connectivity index (χ4v) is 2.01. The molecule has 0 saturated heterocycles. The third-order valence-electron chi connectivity index (χ3n) is 3.08. The summed E-state index contributed by atoms with van der Waals surface area (Å²) in [5, 5.41) is 16.5. The highest BCUT2D eigenvalue weighted by Gasteiger charge is 2.05. The molecule has 1 aromatic carbocycles. The number of guanidine groups is 1. The molecule has 5 nitrogen and oxygen atoms in total. The highest BCUT2D eigenvalue weighted by Crippen LogP contribution is 2.03. The van der Waals surface area contributed by atoms with Gasteiger partial charge in [0.25, 0.3) is 0 Å². The van der Waals surface area contributed by atoms with E-state index in [1.54, 1.807) is 0 Å². The van der Waals surface area contributed by atoms with E-state index >= 15 is 0 Å². The van der Waals surface area contributed by atoms with Crippen LogP contribution in [0.5, 0.6) is 0 Å². The van der Waals surface area contributed by atoms with E-state index in [2.05, 4.69) is 15.6 Å². The first-order chi connectivity index (χ1) is 10.8. The van der Waals surface area contributed by atoms with Crippen LogP contribution in [0.2, 0.25) is 0 Å². The van der Waals surface area contributed by atoms with Crippen molar-refractivity contribution in [2.75, 3.05) is 32.8 Å². The minimum atomic E-state index is -0.471. The Kier molecular flexibility index (Phi) is 14.2. The van der Waals surface area contributed by atoms with Gasteiger partial charge in [-0.15, -0.1) is 24.0 Å². The Morgan fingerprint density at radius 3 is 2.61 bits per heavy atom. The average Bonchev–Trinajstić information content (AvgIpc) is 2.53. The number of aliphatic hydroxyl groups is 1. The zero-order valence-corrected chi connectivity index (χ0v) is 16.5. The maximum atomic E-state index is 10.1. The number of hydrogen-bond acceptors (Lipinski definition) is 3. The van der Waals surface area contributed by atoms with E-state index < -0.39 is 6.10 Å². The molecule has 23 heavy (non-hydrogen) atoms. The van der Waals surface area contributed by atoms with Gasteiger partial charge in [-0.2, -0.15) is 0 Å². The van der Waals surface area contributed by atoms with Crippen LogP contribution in [-0.2, 0) is 11.2 Å². The van der Waals surface area contributed by atoms with Crippen molar-refractivity contribution in [3.63, 3.8) is 0 Å². The largest absolute Gasteiger partial charge is 0.391 e. The highest BCUT2D eigenvalue weighted by molar-refractivity contribution is 14.0. The van der Waals surface area contributed by atoms with E-state index in [0.29, 0.717) is 13.0 Å². The summed E-state index contributed by atoms with van der Waals surface area (Å²) < 4.78 is 5.30. The molecule has 0 aliphatic heterocycles. The van der Waals surface area contributed by atoms with E-state index in [1.165, 1.54) is 0 Å². The molecule has 1 rings (SSSR count). The minimum absolute atomic E-state index is 0. The molecule has 0 spiro atoms. The van der Waals surface area contributed by atoms with E-state index in [-0.39, 0.29) is 24.0 Å². The Hall–Kier alpha value is -0.860. The van der Waals surface area contributed by atoms with Gasteiger partial charge in [0.05, 0.1) is 12.6 Å². The van der Waals surface area contributed by atoms with Crippen LogP contribution in [0.4, 0.5) is 0 Å². The molecular weight excluding hydrogens is 405 g/mol. The zero-order chi connectivity index (χ0) is 16.0. The van der Waals surface area contributed by atoms with Crippen LogP contribution in [0, 0.1) is 0 Å². The molecule has 0 aromatic heterocycles. The quantitative estimate of drug-likeness (QED) is 0.228. The molecule has 132 valence electrons. The number of hydrogen-bond donors (Lipinski definition) is 3. The fourth-order valence-electron chi connectivity index (χ4n) is 2.01. The summed E-state index contributed by atoms with van der Waals surface area (Å²) in [6.45, 7) is 7.51. The lowest BCUT2D eigenvalue weighted by molar-refractivity contribution is 0.145. The molecule has 0 saturated carbocycles. The van der Waals surface area contributed by atoms with Crippen LogP contribution in [-0.4, -0.2) is 50.0 Å². The first-order valence-corrected chi connectivity index (χ1v) is 8.08. The lowest BCUT2D eigenvalue weighted by Gasteiger charge is -2.13. The first-order valence-electron chi connectivity index (χ1n) is 8.08. The molecule has 1 aromatic rings. The van der Waals surface area contributed by atoms with Gasteiger partial charge in [-0.3, -0.25) is 4.99 Å². The summed E-state index contributed by atoms with van der Waals surface area (Å²) >= 11 is 0. The van der Waals surface area contributed by atoms with Gasteiger partial charge in [0.1, 0.15) is 0 Å². The number of halogens is 1. The standard InChI is InChI=1S/C17H29N3O2.HI/c1-3-18-17(19-11-8-12-22-4-2)20-14-16(21)13-15-9-6-5-7-10-15;/h5-7,9-10,16,21H,3-4,8,11-14H2,1-2H3,(H2,18,19,20);1H. The predicted octanol–water partition coefficient (Wildman–Crippen LogP) is 2.19. The summed E-state index contributed by atoms with van der Waals surface area (Å²) in [6.07, 6.45) is 1.08. The predicted molar refractivity (Wildman–Crippen MR) is 107 cm³/mol. The van der Waals surface area contributed by atoms with Crippen LogP contribution < -0.4 is 10.6 Å². The van der Waals surface area contributed by atoms with Gasteiger partial charge in [-0.05, 0) is 25.8 Å². The van der Waals surface area contributed by atoms with Crippen LogP contribution in [0.15, 0.2) is 35.3 Å². The summed E-state index contributed by atoms with van der Waals surface area (Å²) in [6, 6.07) is 9.97. The van der Waals surface area contributed by atoms with Gasteiger partial charge in [0.2, 0.25) is 0 Å². The van der Waals surface area contributed by atoms with Crippen molar-refractivity contribution in [2.45, 2.75) is 32.8 Å². The molecule has 0 aliphatic rings. The number of nitrogens with one attached hydrogen (secondary N) is 2. The Labute approximate surface area is 156 Å². The molecule has 0 amide bonds. The van der Waals surface area contributed by atoms with E-state index in [0.717, 1.165) is 44.2 Å². The van der Waals surface area contributed by atoms with Crippen molar-refractivity contribution in [3.05, 3.63) is 35.9 Å². The lowest BCUT2D eigenvalue weighted by Crippen LogP contribution is -2.38. The van der Waals surface area contributed by atoms with Crippen LogP contribution in [0.1, 0.15) is 25.8 Å². The number of rotatable bonds is 10. The van der Waals surface area contributed by atoms with Crippen LogP contribution in [0.3, 0.4) is 0 Å². The zero-order valence-electron chi connectivity index (χ0n) is 14.1. The van der Waals surface area contributed by atoms with Gasteiger partial charge in [-0.1, -0.05) is 30.3 Å². The van der Waals surface area contributed by atoms with Gasteiger partial charge in [-0.25, -0.2) is 0 Å². The monoisotopic (exact) mass is 435 g/mol. The number of aliphatic hydroxyl groups excluding tert-OH is 1. The molecule has 0 aliphatic carbocycles. The van der Waals surface area contributed by atoms with Crippen molar-refractivity contribution in [1.29, 1.82) is 0 Å². The van der Waals surface area contributed by atoms with E-state index in [1.807, 2.05) is 44.2 Å². The second-order valence-electron chi connectivity index (χ2n) is 5.04. The maximum Gasteiger partial charge on any atom is 0.191 e. The number of nitrogens with zero attached hydrogens (tertiary/aromatic N) is 1. The van der Waals surface area contributed by atoms with E-state index in [9.17, 15) is 5.11 Å². The average molecular weight is 435 g/mol. The van der Waals surface area contributed by atoms with Gasteiger partial charge in [0, 0.05) is 32.7 Å². The van der Waals surface area contributed by atoms with Gasteiger partial charge >= 0.3 is 0 Å². The number of aliphatic imine (C=N–C) groups is 1. The molecule has 0 radical (unpaired) electrons. The Morgan fingerprint density at radius 1 is 1.22 bits per heavy atom. The number of benzene rings is 1. The van der Waals surface area contributed by atoms with Crippen molar-refractivity contribution < 1.29 is 9.84 Å². The summed E-state index contributed by atoms with van der Waals surface area (Å²) in [5.74, 6) is 0.742. The van der Waals surface area contributed by atoms with Crippen molar-refractivity contribution >= 4 is 29.9 Å². The molecule has 3 N–H and O–H groups in total. The maximum absolute atomic E-state index is 10.1. The smallest absolute Gasteiger partial charge is 0.191 e. The Bertz CT molecular complexity index is 416. The number of ether oxygens (including phenoxy) is 1. The Balaban J connectivity index is 0.00000484. The van der Waals surface area contributed by atoms with Crippen LogP contribution >= 0.6 is 24.0 Å². The molecular formula is C17H30IN3O2. The molecule has 0 heterocycles. The van der Waals surface area contributed by atoms with E-state index in [4.69, 9.17) is 4.74 Å². The highest BCUT2D eigenvalue weighted by atomic mass is 127. The summed E-state index contributed by atoms with van der Waals surface area (Å²) in [4.78, 5) is 4.43. The minimum Gasteiger partial charge on any atom is -0.391 e. The molecule has 0 fully saturated rings. The molecule has 0 bridgehead atoms.